The molecular formula is C19H20FN5S. The maximum absolute atomic E-state index is 13.4. The molecule has 0 atom stereocenters. The lowest BCUT2D eigenvalue weighted by Gasteiger charge is -2.14. The molecule has 26 heavy (non-hydrogen) atoms. The van der Waals surface area contributed by atoms with Crippen LogP contribution in [0.2, 0.25) is 0 Å². The Hall–Kier alpha value is -2.25. The van der Waals surface area contributed by atoms with Gasteiger partial charge in [0, 0.05) is 35.9 Å². The molecule has 0 saturated carbocycles. The van der Waals surface area contributed by atoms with Gasteiger partial charge in [0.25, 0.3) is 0 Å². The number of pyridine rings is 1. The largest absolute Gasteiger partial charge is 0.303 e. The van der Waals surface area contributed by atoms with Gasteiger partial charge in [0.15, 0.2) is 11.0 Å². The molecule has 134 valence electrons. The van der Waals surface area contributed by atoms with Crippen LogP contribution in [0.4, 0.5) is 4.39 Å². The zero-order valence-corrected chi connectivity index (χ0v) is 15.2. The van der Waals surface area contributed by atoms with Crippen molar-refractivity contribution in [1.29, 1.82) is 0 Å². The summed E-state index contributed by atoms with van der Waals surface area (Å²) >= 11 is 1.68. The van der Waals surface area contributed by atoms with Crippen molar-refractivity contribution in [2.24, 2.45) is 0 Å². The van der Waals surface area contributed by atoms with Crippen LogP contribution >= 0.6 is 11.8 Å². The average Bonchev–Trinajstić information content (AvgIpc) is 3.33. The SMILES string of the molecule is Fc1ccc(-n2c(SCCN3CCCC3)nnc2-c2cccnc2)cc1. The van der Waals surface area contributed by atoms with E-state index in [1.807, 2.05) is 16.7 Å². The summed E-state index contributed by atoms with van der Waals surface area (Å²) in [6.45, 7) is 3.42. The molecule has 3 aromatic rings. The number of hydrogen-bond donors (Lipinski definition) is 0. The first-order valence-electron chi connectivity index (χ1n) is 8.78. The standard InChI is InChI=1S/C19H20FN5S/c20-16-5-7-17(8-6-16)25-18(15-4-3-9-21-14-15)22-23-19(25)26-13-12-24-10-1-2-11-24/h3-9,14H,1-2,10-13H2. The lowest BCUT2D eigenvalue weighted by molar-refractivity contribution is 0.362. The van der Waals surface area contributed by atoms with E-state index in [9.17, 15) is 4.39 Å². The molecule has 0 amide bonds. The fourth-order valence-electron chi connectivity index (χ4n) is 3.14. The molecule has 0 spiro atoms. The molecule has 5 nitrogen and oxygen atoms in total. The van der Waals surface area contributed by atoms with Crippen LogP contribution in [0.25, 0.3) is 17.1 Å². The van der Waals surface area contributed by atoms with E-state index < -0.39 is 0 Å². The Morgan fingerprint density at radius 1 is 1.04 bits per heavy atom. The van der Waals surface area contributed by atoms with Crippen molar-refractivity contribution < 1.29 is 4.39 Å². The third-order valence-electron chi connectivity index (χ3n) is 4.48. The molecule has 0 bridgehead atoms. The van der Waals surface area contributed by atoms with Gasteiger partial charge in [-0.3, -0.25) is 9.55 Å². The Morgan fingerprint density at radius 2 is 1.85 bits per heavy atom. The Morgan fingerprint density at radius 3 is 2.58 bits per heavy atom. The van der Waals surface area contributed by atoms with E-state index in [0.29, 0.717) is 5.82 Å². The zero-order chi connectivity index (χ0) is 17.8. The number of likely N-dealkylation sites (tertiary alicyclic amines) is 1. The second kappa shape index (κ2) is 7.97. The van der Waals surface area contributed by atoms with Crippen LogP contribution in [0.15, 0.2) is 53.9 Å². The third kappa shape index (κ3) is 3.78. The summed E-state index contributed by atoms with van der Waals surface area (Å²) < 4.78 is 15.3. The minimum Gasteiger partial charge on any atom is -0.303 e. The van der Waals surface area contributed by atoms with Crippen molar-refractivity contribution >= 4 is 11.8 Å². The summed E-state index contributed by atoms with van der Waals surface area (Å²) in [6, 6.07) is 10.3. The highest BCUT2D eigenvalue weighted by Gasteiger charge is 2.17. The second-order valence-corrected chi connectivity index (χ2v) is 7.32. The fraction of sp³-hybridized carbons (Fsp3) is 0.316. The molecule has 4 rings (SSSR count). The Bertz CT molecular complexity index is 844. The van der Waals surface area contributed by atoms with Crippen LogP contribution in [0.5, 0.6) is 0 Å². The molecule has 1 saturated heterocycles. The molecule has 0 unspecified atom stereocenters. The number of hydrogen-bond acceptors (Lipinski definition) is 5. The molecule has 1 aliphatic rings. The first kappa shape index (κ1) is 17.2. The topological polar surface area (TPSA) is 46.8 Å². The lowest BCUT2D eigenvalue weighted by Crippen LogP contribution is -2.22. The third-order valence-corrected chi connectivity index (χ3v) is 5.38. The molecule has 0 aliphatic carbocycles. The van der Waals surface area contributed by atoms with Crippen LogP contribution in [0.1, 0.15) is 12.8 Å². The smallest absolute Gasteiger partial charge is 0.196 e. The Labute approximate surface area is 156 Å². The first-order valence-corrected chi connectivity index (χ1v) is 9.77. The van der Waals surface area contributed by atoms with Gasteiger partial charge in [-0.15, -0.1) is 10.2 Å². The molecule has 0 radical (unpaired) electrons. The van der Waals surface area contributed by atoms with Crippen molar-refractivity contribution in [3.63, 3.8) is 0 Å². The number of benzene rings is 1. The van der Waals surface area contributed by atoms with E-state index in [4.69, 9.17) is 0 Å². The predicted molar refractivity (Wildman–Crippen MR) is 101 cm³/mol. The normalized spacial score (nSPS) is 14.8. The highest BCUT2D eigenvalue weighted by Crippen LogP contribution is 2.28. The quantitative estimate of drug-likeness (QED) is 0.621. The molecule has 1 aliphatic heterocycles. The van der Waals surface area contributed by atoms with Gasteiger partial charge in [-0.2, -0.15) is 0 Å². The number of nitrogens with zero attached hydrogens (tertiary/aromatic N) is 5. The maximum Gasteiger partial charge on any atom is 0.196 e. The molecular weight excluding hydrogens is 349 g/mol. The van der Waals surface area contributed by atoms with Gasteiger partial charge in [0.05, 0.1) is 0 Å². The number of thioether (sulfide) groups is 1. The van der Waals surface area contributed by atoms with Gasteiger partial charge in [-0.1, -0.05) is 11.8 Å². The molecule has 7 heteroatoms. The van der Waals surface area contributed by atoms with E-state index in [1.54, 1.807) is 36.3 Å². The van der Waals surface area contributed by atoms with E-state index in [2.05, 4.69) is 20.1 Å². The summed E-state index contributed by atoms with van der Waals surface area (Å²) in [5.74, 6) is 1.41. The first-order chi connectivity index (χ1) is 12.8. The van der Waals surface area contributed by atoms with Crippen molar-refractivity contribution in [1.82, 2.24) is 24.6 Å². The lowest BCUT2D eigenvalue weighted by atomic mass is 10.2. The molecule has 1 aromatic carbocycles. The average molecular weight is 369 g/mol. The van der Waals surface area contributed by atoms with E-state index in [-0.39, 0.29) is 5.82 Å². The van der Waals surface area contributed by atoms with Crippen LogP contribution in [-0.2, 0) is 0 Å². The van der Waals surface area contributed by atoms with Crippen LogP contribution in [0, 0.1) is 5.82 Å². The zero-order valence-electron chi connectivity index (χ0n) is 14.4. The van der Waals surface area contributed by atoms with Crippen LogP contribution in [-0.4, -0.2) is 50.0 Å². The highest BCUT2D eigenvalue weighted by atomic mass is 32.2. The Kier molecular flexibility index (Phi) is 5.26. The van der Waals surface area contributed by atoms with Crippen molar-refractivity contribution in [3.05, 3.63) is 54.6 Å². The molecule has 1 fully saturated rings. The van der Waals surface area contributed by atoms with Gasteiger partial charge >= 0.3 is 0 Å². The van der Waals surface area contributed by atoms with Gasteiger partial charge in [-0.05, 0) is 62.3 Å². The number of aromatic nitrogens is 4. The summed E-state index contributed by atoms with van der Waals surface area (Å²) in [6.07, 6.45) is 6.08. The fourth-order valence-corrected chi connectivity index (χ4v) is 4.09. The molecule has 2 aromatic heterocycles. The monoisotopic (exact) mass is 369 g/mol. The van der Waals surface area contributed by atoms with Gasteiger partial charge in [0.1, 0.15) is 5.82 Å². The summed E-state index contributed by atoms with van der Waals surface area (Å²) in [5.41, 5.74) is 1.73. The van der Waals surface area contributed by atoms with E-state index in [0.717, 1.165) is 28.7 Å². The maximum atomic E-state index is 13.4. The van der Waals surface area contributed by atoms with Gasteiger partial charge in [0.2, 0.25) is 0 Å². The van der Waals surface area contributed by atoms with E-state index in [1.165, 1.54) is 38.1 Å². The summed E-state index contributed by atoms with van der Waals surface area (Å²) in [5, 5.41) is 9.59. The minimum absolute atomic E-state index is 0.256. The summed E-state index contributed by atoms with van der Waals surface area (Å²) in [4.78, 5) is 6.66. The van der Waals surface area contributed by atoms with Crippen LogP contribution in [0.3, 0.4) is 0 Å². The van der Waals surface area contributed by atoms with Crippen LogP contribution < -0.4 is 0 Å². The second-order valence-electron chi connectivity index (χ2n) is 6.26. The number of rotatable bonds is 6. The van der Waals surface area contributed by atoms with Gasteiger partial charge < -0.3 is 4.90 Å². The predicted octanol–water partition coefficient (Wildman–Crippen LogP) is 3.66. The Balaban J connectivity index is 1.62. The summed E-state index contributed by atoms with van der Waals surface area (Å²) in [7, 11) is 0. The highest BCUT2D eigenvalue weighted by molar-refractivity contribution is 7.99. The molecule has 0 N–H and O–H groups in total. The van der Waals surface area contributed by atoms with Gasteiger partial charge in [-0.25, -0.2) is 4.39 Å². The van der Waals surface area contributed by atoms with Crippen molar-refractivity contribution in [2.45, 2.75) is 18.0 Å². The minimum atomic E-state index is -0.256. The van der Waals surface area contributed by atoms with Crippen molar-refractivity contribution in [3.8, 4) is 17.1 Å². The number of halogens is 1. The van der Waals surface area contributed by atoms with Crippen molar-refractivity contribution in [2.75, 3.05) is 25.4 Å². The van der Waals surface area contributed by atoms with E-state index >= 15 is 0 Å². The molecule has 3 heterocycles.